The van der Waals surface area contributed by atoms with Crippen molar-refractivity contribution < 1.29 is 4.74 Å². The van der Waals surface area contributed by atoms with Gasteiger partial charge in [-0.25, -0.2) is 0 Å². The van der Waals surface area contributed by atoms with E-state index < -0.39 is 0 Å². The number of rotatable bonds is 3. The maximum absolute atomic E-state index is 8.61. The molecule has 0 spiro atoms. The number of nitrogens with zero attached hydrogens (tertiary/aromatic N) is 1. The van der Waals surface area contributed by atoms with Crippen LogP contribution in [0.15, 0.2) is 12.1 Å². The molecule has 1 rings (SSSR count). The lowest BCUT2D eigenvalue weighted by Crippen LogP contribution is -1.97. The van der Waals surface area contributed by atoms with Gasteiger partial charge in [-0.3, -0.25) is 0 Å². The van der Waals surface area contributed by atoms with E-state index in [2.05, 4.69) is 6.07 Å². The van der Waals surface area contributed by atoms with Gasteiger partial charge in [0.1, 0.15) is 5.75 Å². The van der Waals surface area contributed by atoms with Crippen LogP contribution in [0.25, 0.3) is 0 Å². The summed E-state index contributed by atoms with van der Waals surface area (Å²) in [6.07, 6.45) is 0.446. The fourth-order valence-corrected chi connectivity index (χ4v) is 1.40. The van der Waals surface area contributed by atoms with Gasteiger partial charge in [0.15, 0.2) is 0 Å². The van der Waals surface area contributed by atoms with Crippen molar-refractivity contribution in [3.63, 3.8) is 0 Å². The van der Waals surface area contributed by atoms with Crippen LogP contribution in [0, 0.1) is 25.2 Å². The van der Waals surface area contributed by atoms with Crippen LogP contribution >= 0.6 is 0 Å². The summed E-state index contributed by atoms with van der Waals surface area (Å²) in [6, 6.07) is 6.14. The molecule has 0 amide bonds. The van der Waals surface area contributed by atoms with Crippen LogP contribution < -0.4 is 4.74 Å². The SMILES string of the molecule is CCOc1cc(CC#N)cc(C)c1C. The highest BCUT2D eigenvalue weighted by molar-refractivity contribution is 5.43. The molecule has 0 radical (unpaired) electrons. The van der Waals surface area contributed by atoms with Crippen LogP contribution in [-0.4, -0.2) is 6.61 Å². The quantitative estimate of drug-likeness (QED) is 0.732. The Morgan fingerprint density at radius 1 is 1.36 bits per heavy atom. The molecule has 0 fully saturated rings. The molecular weight excluding hydrogens is 174 g/mol. The van der Waals surface area contributed by atoms with Gasteiger partial charge in [-0.2, -0.15) is 5.26 Å². The standard InChI is InChI=1S/C12H15NO/c1-4-14-12-8-11(5-6-13)7-9(2)10(12)3/h7-8H,4-5H2,1-3H3. The number of hydrogen-bond acceptors (Lipinski definition) is 2. The minimum absolute atomic E-state index is 0.446. The van der Waals surface area contributed by atoms with Gasteiger partial charge in [-0.15, -0.1) is 0 Å². The van der Waals surface area contributed by atoms with E-state index in [1.54, 1.807) is 0 Å². The molecule has 1 aromatic rings. The first-order chi connectivity index (χ1) is 6.69. The molecule has 2 nitrogen and oxygen atoms in total. The molecule has 0 atom stereocenters. The summed E-state index contributed by atoms with van der Waals surface area (Å²) >= 11 is 0. The van der Waals surface area contributed by atoms with Gasteiger partial charge in [0.2, 0.25) is 0 Å². The molecule has 0 saturated carbocycles. The molecule has 0 unspecified atom stereocenters. The molecule has 0 heterocycles. The highest BCUT2D eigenvalue weighted by Crippen LogP contribution is 2.23. The first-order valence-corrected chi connectivity index (χ1v) is 4.79. The predicted molar refractivity (Wildman–Crippen MR) is 56.4 cm³/mol. The summed E-state index contributed by atoms with van der Waals surface area (Å²) < 4.78 is 5.50. The topological polar surface area (TPSA) is 33.0 Å². The zero-order chi connectivity index (χ0) is 10.6. The fraction of sp³-hybridized carbons (Fsp3) is 0.417. The average Bonchev–Trinajstić information content (AvgIpc) is 2.14. The van der Waals surface area contributed by atoms with Gasteiger partial charge in [0, 0.05) is 0 Å². The zero-order valence-corrected chi connectivity index (χ0v) is 8.92. The smallest absolute Gasteiger partial charge is 0.122 e. The van der Waals surface area contributed by atoms with Gasteiger partial charge in [0.05, 0.1) is 19.1 Å². The number of aryl methyl sites for hydroxylation is 1. The van der Waals surface area contributed by atoms with E-state index in [-0.39, 0.29) is 0 Å². The first kappa shape index (κ1) is 10.6. The molecule has 0 aliphatic heterocycles. The maximum Gasteiger partial charge on any atom is 0.122 e. The van der Waals surface area contributed by atoms with Crippen LogP contribution in [0.5, 0.6) is 5.75 Å². The third-order valence-corrected chi connectivity index (χ3v) is 2.26. The van der Waals surface area contributed by atoms with E-state index in [1.165, 1.54) is 5.56 Å². The Morgan fingerprint density at radius 2 is 2.07 bits per heavy atom. The summed E-state index contributed by atoms with van der Waals surface area (Å²) in [5.74, 6) is 0.901. The van der Waals surface area contributed by atoms with Gasteiger partial charge >= 0.3 is 0 Å². The second-order valence-electron chi connectivity index (χ2n) is 3.30. The highest BCUT2D eigenvalue weighted by atomic mass is 16.5. The Bertz CT molecular complexity index is 363. The molecule has 0 aromatic heterocycles. The van der Waals surface area contributed by atoms with Crippen LogP contribution in [0.4, 0.5) is 0 Å². The number of ether oxygens (including phenoxy) is 1. The average molecular weight is 189 g/mol. The Labute approximate surface area is 85.1 Å². The normalized spacial score (nSPS) is 9.57. The molecule has 2 heteroatoms. The Hall–Kier alpha value is -1.49. The van der Waals surface area contributed by atoms with Crippen molar-refractivity contribution in [2.45, 2.75) is 27.2 Å². The predicted octanol–water partition coefficient (Wildman–Crippen LogP) is 2.77. The molecule has 0 aliphatic rings. The third kappa shape index (κ3) is 2.26. The van der Waals surface area contributed by atoms with E-state index in [1.807, 2.05) is 32.9 Å². The van der Waals surface area contributed by atoms with E-state index in [9.17, 15) is 0 Å². The molecule has 14 heavy (non-hydrogen) atoms. The van der Waals surface area contributed by atoms with Crippen molar-refractivity contribution >= 4 is 0 Å². The number of nitriles is 1. The molecular formula is C12H15NO. The van der Waals surface area contributed by atoms with Gasteiger partial charge in [-0.05, 0) is 43.5 Å². The monoisotopic (exact) mass is 189 g/mol. The second-order valence-corrected chi connectivity index (χ2v) is 3.30. The van der Waals surface area contributed by atoms with Crippen LogP contribution in [0.2, 0.25) is 0 Å². The van der Waals surface area contributed by atoms with Crippen molar-refractivity contribution in [3.05, 3.63) is 28.8 Å². The summed E-state index contributed by atoms with van der Waals surface area (Å²) in [7, 11) is 0. The van der Waals surface area contributed by atoms with E-state index in [0.29, 0.717) is 13.0 Å². The minimum atomic E-state index is 0.446. The van der Waals surface area contributed by atoms with Gasteiger partial charge < -0.3 is 4.74 Å². The molecule has 0 bridgehead atoms. The second kappa shape index (κ2) is 4.66. The van der Waals surface area contributed by atoms with E-state index >= 15 is 0 Å². The molecule has 74 valence electrons. The number of hydrogen-bond donors (Lipinski definition) is 0. The fourth-order valence-electron chi connectivity index (χ4n) is 1.40. The Morgan fingerprint density at radius 3 is 2.64 bits per heavy atom. The highest BCUT2D eigenvalue weighted by Gasteiger charge is 2.04. The van der Waals surface area contributed by atoms with E-state index in [0.717, 1.165) is 16.9 Å². The lowest BCUT2D eigenvalue weighted by molar-refractivity contribution is 0.337. The maximum atomic E-state index is 8.61. The summed E-state index contributed by atoms with van der Waals surface area (Å²) in [4.78, 5) is 0. The Kier molecular flexibility index (Phi) is 3.53. The first-order valence-electron chi connectivity index (χ1n) is 4.79. The Balaban J connectivity index is 3.08. The molecule has 1 aromatic carbocycles. The summed E-state index contributed by atoms with van der Waals surface area (Å²) in [5, 5.41) is 8.61. The minimum Gasteiger partial charge on any atom is -0.494 e. The van der Waals surface area contributed by atoms with Crippen molar-refractivity contribution in [2.24, 2.45) is 0 Å². The lowest BCUT2D eigenvalue weighted by Gasteiger charge is -2.11. The summed E-state index contributed by atoms with van der Waals surface area (Å²) in [6.45, 7) is 6.71. The van der Waals surface area contributed by atoms with Crippen molar-refractivity contribution in [3.8, 4) is 11.8 Å². The van der Waals surface area contributed by atoms with Crippen LogP contribution in [-0.2, 0) is 6.42 Å². The van der Waals surface area contributed by atoms with Crippen molar-refractivity contribution in [1.29, 1.82) is 5.26 Å². The van der Waals surface area contributed by atoms with Crippen molar-refractivity contribution in [1.82, 2.24) is 0 Å². The van der Waals surface area contributed by atoms with Crippen LogP contribution in [0.3, 0.4) is 0 Å². The largest absolute Gasteiger partial charge is 0.494 e. The molecule has 0 saturated heterocycles. The third-order valence-electron chi connectivity index (χ3n) is 2.26. The van der Waals surface area contributed by atoms with Crippen molar-refractivity contribution in [2.75, 3.05) is 6.61 Å². The summed E-state index contributed by atoms with van der Waals surface area (Å²) in [5.41, 5.74) is 3.37. The number of benzene rings is 1. The van der Waals surface area contributed by atoms with Gasteiger partial charge in [-0.1, -0.05) is 6.07 Å². The van der Waals surface area contributed by atoms with Crippen LogP contribution in [0.1, 0.15) is 23.6 Å². The van der Waals surface area contributed by atoms with E-state index in [4.69, 9.17) is 10.00 Å². The molecule has 0 aliphatic carbocycles. The van der Waals surface area contributed by atoms with Gasteiger partial charge in [0.25, 0.3) is 0 Å². The molecule has 0 N–H and O–H groups in total. The lowest BCUT2D eigenvalue weighted by atomic mass is 10.0. The zero-order valence-electron chi connectivity index (χ0n) is 8.92.